The molecule has 18 heavy (non-hydrogen) atoms. The zero-order valence-electron chi connectivity index (χ0n) is 10.3. The number of hydrogen-bond donors (Lipinski definition) is 2. The summed E-state index contributed by atoms with van der Waals surface area (Å²) in [6.45, 7) is 3.82. The normalized spacial score (nSPS) is 10.1. The maximum absolute atomic E-state index is 12.0. The average molecular weight is 242 g/mol. The zero-order valence-corrected chi connectivity index (χ0v) is 10.3. The molecule has 2 aromatic heterocycles. The zero-order chi connectivity index (χ0) is 13.1. The number of nitrogens with two attached hydrogens (primary N) is 1. The Bertz CT molecular complexity index is 575. The molecule has 0 fully saturated rings. The standard InChI is InChI=1S/C13H14N4O/c1-8-6-9(2)16-11(7-8)17-13(18)10-4-3-5-15-12(10)14/h3-7H,1-2H3,(H2,14,15)(H,16,17,18). The van der Waals surface area contributed by atoms with E-state index in [4.69, 9.17) is 5.73 Å². The number of carbonyl (C=O) groups is 1. The van der Waals surface area contributed by atoms with Gasteiger partial charge in [0.15, 0.2) is 0 Å². The number of rotatable bonds is 2. The molecule has 0 aliphatic heterocycles. The van der Waals surface area contributed by atoms with Gasteiger partial charge in [0.1, 0.15) is 11.6 Å². The first-order valence-corrected chi connectivity index (χ1v) is 5.53. The summed E-state index contributed by atoms with van der Waals surface area (Å²) in [5.74, 6) is 0.415. The Morgan fingerprint density at radius 2 is 2.11 bits per heavy atom. The summed E-state index contributed by atoms with van der Waals surface area (Å²) in [7, 11) is 0. The number of hydrogen-bond acceptors (Lipinski definition) is 4. The fourth-order valence-electron chi connectivity index (χ4n) is 1.70. The molecule has 0 bridgehead atoms. The molecule has 2 rings (SSSR count). The Kier molecular flexibility index (Phi) is 3.23. The Morgan fingerprint density at radius 1 is 1.33 bits per heavy atom. The second kappa shape index (κ2) is 4.83. The lowest BCUT2D eigenvalue weighted by Crippen LogP contribution is -2.15. The number of pyridine rings is 2. The van der Waals surface area contributed by atoms with Crippen molar-refractivity contribution >= 4 is 17.5 Å². The molecule has 5 nitrogen and oxygen atoms in total. The van der Waals surface area contributed by atoms with Gasteiger partial charge in [-0.3, -0.25) is 4.79 Å². The minimum atomic E-state index is -0.307. The highest BCUT2D eigenvalue weighted by molar-refractivity contribution is 6.06. The minimum Gasteiger partial charge on any atom is -0.383 e. The molecule has 0 unspecified atom stereocenters. The lowest BCUT2D eigenvalue weighted by molar-refractivity contribution is 0.102. The first-order chi connectivity index (χ1) is 8.56. The van der Waals surface area contributed by atoms with E-state index in [0.717, 1.165) is 11.3 Å². The highest BCUT2D eigenvalue weighted by Gasteiger charge is 2.11. The van der Waals surface area contributed by atoms with Crippen molar-refractivity contribution in [2.24, 2.45) is 0 Å². The number of nitrogen functional groups attached to an aromatic ring is 1. The van der Waals surface area contributed by atoms with Gasteiger partial charge < -0.3 is 11.1 Å². The Morgan fingerprint density at radius 3 is 2.78 bits per heavy atom. The van der Waals surface area contributed by atoms with Crippen LogP contribution in [0.1, 0.15) is 21.6 Å². The van der Waals surface area contributed by atoms with E-state index in [2.05, 4.69) is 15.3 Å². The molecule has 92 valence electrons. The summed E-state index contributed by atoms with van der Waals surface area (Å²) in [6.07, 6.45) is 1.54. The van der Waals surface area contributed by atoms with Crippen LogP contribution in [0.2, 0.25) is 0 Å². The van der Waals surface area contributed by atoms with Gasteiger partial charge in [0.2, 0.25) is 0 Å². The van der Waals surface area contributed by atoms with E-state index in [-0.39, 0.29) is 11.7 Å². The topological polar surface area (TPSA) is 80.9 Å². The smallest absolute Gasteiger partial charge is 0.260 e. The Labute approximate surface area is 105 Å². The van der Waals surface area contributed by atoms with Crippen molar-refractivity contribution in [2.75, 3.05) is 11.1 Å². The van der Waals surface area contributed by atoms with Crippen LogP contribution in [-0.2, 0) is 0 Å². The van der Waals surface area contributed by atoms with Crippen LogP contribution in [0.5, 0.6) is 0 Å². The number of anilines is 2. The van der Waals surface area contributed by atoms with Gasteiger partial charge in [-0.15, -0.1) is 0 Å². The van der Waals surface area contributed by atoms with Crippen LogP contribution in [0, 0.1) is 13.8 Å². The molecule has 2 aromatic rings. The molecule has 0 aromatic carbocycles. The molecule has 0 atom stereocenters. The molecule has 5 heteroatoms. The summed E-state index contributed by atoms with van der Waals surface area (Å²) in [4.78, 5) is 20.1. The van der Waals surface area contributed by atoms with Crippen molar-refractivity contribution in [3.8, 4) is 0 Å². The minimum absolute atomic E-state index is 0.208. The second-order valence-corrected chi connectivity index (χ2v) is 4.06. The molecule has 0 radical (unpaired) electrons. The van der Waals surface area contributed by atoms with E-state index in [1.54, 1.807) is 24.4 Å². The van der Waals surface area contributed by atoms with Crippen molar-refractivity contribution in [3.05, 3.63) is 47.3 Å². The predicted molar refractivity (Wildman–Crippen MR) is 70.3 cm³/mol. The molecule has 0 spiro atoms. The maximum Gasteiger partial charge on any atom is 0.260 e. The second-order valence-electron chi connectivity index (χ2n) is 4.06. The summed E-state index contributed by atoms with van der Waals surface area (Å²) in [5.41, 5.74) is 7.88. The van der Waals surface area contributed by atoms with Gasteiger partial charge in [0.05, 0.1) is 5.56 Å². The van der Waals surface area contributed by atoms with Crippen LogP contribution in [-0.4, -0.2) is 15.9 Å². The van der Waals surface area contributed by atoms with Gasteiger partial charge in [-0.25, -0.2) is 9.97 Å². The molecule has 0 aliphatic carbocycles. The van der Waals surface area contributed by atoms with Crippen molar-refractivity contribution in [1.29, 1.82) is 0 Å². The number of amides is 1. The van der Waals surface area contributed by atoms with Crippen molar-refractivity contribution in [3.63, 3.8) is 0 Å². The number of nitrogens with one attached hydrogen (secondary N) is 1. The largest absolute Gasteiger partial charge is 0.383 e. The first kappa shape index (κ1) is 12.0. The lowest BCUT2D eigenvalue weighted by atomic mass is 10.2. The first-order valence-electron chi connectivity index (χ1n) is 5.53. The molecule has 1 amide bonds. The predicted octanol–water partition coefficient (Wildman–Crippen LogP) is 1.93. The van der Waals surface area contributed by atoms with Crippen molar-refractivity contribution in [2.45, 2.75) is 13.8 Å². The molecule has 0 saturated heterocycles. The van der Waals surface area contributed by atoms with E-state index in [1.165, 1.54) is 0 Å². The summed E-state index contributed by atoms with van der Waals surface area (Å²) in [6, 6.07) is 7.03. The summed E-state index contributed by atoms with van der Waals surface area (Å²) in [5, 5.41) is 2.71. The van der Waals surface area contributed by atoms with Gasteiger partial charge in [0.25, 0.3) is 5.91 Å². The van der Waals surface area contributed by atoms with E-state index < -0.39 is 0 Å². The maximum atomic E-state index is 12.0. The van der Waals surface area contributed by atoms with Gasteiger partial charge in [-0.05, 0) is 43.7 Å². The van der Waals surface area contributed by atoms with Crippen molar-refractivity contribution < 1.29 is 4.79 Å². The van der Waals surface area contributed by atoms with E-state index in [0.29, 0.717) is 11.4 Å². The van der Waals surface area contributed by atoms with Gasteiger partial charge in [-0.2, -0.15) is 0 Å². The summed E-state index contributed by atoms with van der Waals surface area (Å²) >= 11 is 0. The van der Waals surface area contributed by atoms with Crippen LogP contribution in [0.15, 0.2) is 30.5 Å². The molecular formula is C13H14N4O. The number of carbonyl (C=O) groups excluding carboxylic acids is 1. The van der Waals surface area contributed by atoms with Crippen LogP contribution >= 0.6 is 0 Å². The van der Waals surface area contributed by atoms with Crippen molar-refractivity contribution in [1.82, 2.24) is 9.97 Å². The molecule has 2 heterocycles. The van der Waals surface area contributed by atoms with Gasteiger partial charge in [0, 0.05) is 11.9 Å². The van der Waals surface area contributed by atoms with Gasteiger partial charge in [-0.1, -0.05) is 0 Å². The summed E-state index contributed by atoms with van der Waals surface area (Å²) < 4.78 is 0. The highest BCUT2D eigenvalue weighted by atomic mass is 16.1. The number of aryl methyl sites for hydroxylation is 2. The van der Waals surface area contributed by atoms with Crippen LogP contribution in [0.4, 0.5) is 11.6 Å². The molecule has 0 saturated carbocycles. The molecular weight excluding hydrogens is 228 g/mol. The highest BCUT2D eigenvalue weighted by Crippen LogP contribution is 2.13. The molecule has 3 N–H and O–H groups in total. The third-order valence-electron chi connectivity index (χ3n) is 2.42. The van der Waals surface area contributed by atoms with E-state index >= 15 is 0 Å². The van der Waals surface area contributed by atoms with Crippen LogP contribution in [0.25, 0.3) is 0 Å². The van der Waals surface area contributed by atoms with Crippen LogP contribution in [0.3, 0.4) is 0 Å². The fraction of sp³-hybridized carbons (Fsp3) is 0.154. The number of aromatic nitrogens is 2. The monoisotopic (exact) mass is 242 g/mol. The Balaban J connectivity index is 2.24. The third kappa shape index (κ3) is 2.63. The van der Waals surface area contributed by atoms with Crippen LogP contribution < -0.4 is 11.1 Å². The quantitative estimate of drug-likeness (QED) is 0.843. The Hall–Kier alpha value is -2.43. The third-order valence-corrected chi connectivity index (χ3v) is 2.42. The fourth-order valence-corrected chi connectivity index (χ4v) is 1.70. The number of nitrogens with zero attached hydrogens (tertiary/aromatic N) is 2. The average Bonchev–Trinajstić information content (AvgIpc) is 2.27. The van der Waals surface area contributed by atoms with Gasteiger partial charge >= 0.3 is 0 Å². The lowest BCUT2D eigenvalue weighted by Gasteiger charge is -2.07. The SMILES string of the molecule is Cc1cc(C)nc(NC(=O)c2cccnc2N)c1. The molecule has 0 aliphatic rings. The van der Waals surface area contributed by atoms with E-state index in [1.807, 2.05) is 19.9 Å². The van der Waals surface area contributed by atoms with E-state index in [9.17, 15) is 4.79 Å².